The van der Waals surface area contributed by atoms with E-state index in [1.807, 2.05) is 0 Å². The predicted octanol–water partition coefficient (Wildman–Crippen LogP) is 2.46. The third-order valence-electron chi connectivity index (χ3n) is 2.88. The molecule has 0 bridgehead atoms. The van der Waals surface area contributed by atoms with Gasteiger partial charge in [0.2, 0.25) is 0 Å². The fourth-order valence-corrected chi connectivity index (χ4v) is 2.75. The summed E-state index contributed by atoms with van der Waals surface area (Å²) in [6.07, 6.45) is 2.20. The van der Waals surface area contributed by atoms with Gasteiger partial charge in [-0.2, -0.15) is 0 Å². The van der Waals surface area contributed by atoms with Crippen LogP contribution in [0.5, 0.6) is 0 Å². The van der Waals surface area contributed by atoms with Crippen molar-refractivity contribution in [1.29, 1.82) is 0 Å². The van der Waals surface area contributed by atoms with E-state index in [4.69, 9.17) is 0 Å². The zero-order chi connectivity index (χ0) is 10.4. The SMILES string of the molecule is CC(C)(C)c1csc(C2(CO)CC2)n1. The van der Waals surface area contributed by atoms with Gasteiger partial charge in [-0.3, -0.25) is 0 Å². The van der Waals surface area contributed by atoms with Crippen LogP contribution in [0.2, 0.25) is 0 Å². The molecular weight excluding hydrogens is 194 g/mol. The summed E-state index contributed by atoms with van der Waals surface area (Å²) >= 11 is 1.70. The largest absolute Gasteiger partial charge is 0.395 e. The Morgan fingerprint density at radius 1 is 1.50 bits per heavy atom. The Morgan fingerprint density at radius 3 is 2.50 bits per heavy atom. The highest BCUT2D eigenvalue weighted by Crippen LogP contribution is 2.49. The molecule has 1 saturated carbocycles. The molecule has 0 radical (unpaired) electrons. The van der Waals surface area contributed by atoms with Gasteiger partial charge >= 0.3 is 0 Å². The molecule has 0 spiro atoms. The van der Waals surface area contributed by atoms with Crippen LogP contribution in [0.4, 0.5) is 0 Å². The van der Waals surface area contributed by atoms with Crippen LogP contribution in [0, 0.1) is 0 Å². The van der Waals surface area contributed by atoms with Gasteiger partial charge in [0.1, 0.15) is 5.01 Å². The van der Waals surface area contributed by atoms with Gasteiger partial charge < -0.3 is 5.11 Å². The summed E-state index contributed by atoms with van der Waals surface area (Å²) in [4.78, 5) is 4.65. The lowest BCUT2D eigenvalue weighted by Crippen LogP contribution is -2.15. The number of thiazole rings is 1. The zero-order valence-electron chi connectivity index (χ0n) is 9.00. The molecule has 0 aromatic carbocycles. The number of nitrogens with zero attached hydrogens (tertiary/aromatic N) is 1. The van der Waals surface area contributed by atoms with Crippen molar-refractivity contribution in [3.05, 3.63) is 16.1 Å². The van der Waals surface area contributed by atoms with E-state index in [1.54, 1.807) is 11.3 Å². The maximum Gasteiger partial charge on any atom is 0.101 e. The summed E-state index contributed by atoms with van der Waals surface area (Å²) < 4.78 is 0. The molecule has 3 heteroatoms. The number of aromatic nitrogens is 1. The average Bonchev–Trinajstić information content (AvgIpc) is 2.73. The van der Waals surface area contributed by atoms with Crippen molar-refractivity contribution in [3.8, 4) is 0 Å². The molecule has 2 nitrogen and oxygen atoms in total. The molecule has 78 valence electrons. The highest BCUT2D eigenvalue weighted by Gasteiger charge is 2.46. The monoisotopic (exact) mass is 211 g/mol. The van der Waals surface area contributed by atoms with E-state index in [9.17, 15) is 5.11 Å². The second-order valence-electron chi connectivity index (χ2n) is 5.23. The maximum atomic E-state index is 9.29. The molecule has 0 amide bonds. The Hall–Kier alpha value is -0.410. The highest BCUT2D eigenvalue weighted by molar-refractivity contribution is 7.09. The second kappa shape index (κ2) is 3.04. The first-order valence-corrected chi connectivity index (χ1v) is 5.93. The molecular formula is C11H17NOS. The molecule has 1 aromatic rings. The van der Waals surface area contributed by atoms with E-state index < -0.39 is 0 Å². The predicted molar refractivity (Wildman–Crippen MR) is 58.8 cm³/mol. The molecule has 0 atom stereocenters. The lowest BCUT2D eigenvalue weighted by atomic mass is 9.93. The van der Waals surface area contributed by atoms with Gasteiger partial charge in [0, 0.05) is 16.2 Å². The first-order valence-electron chi connectivity index (χ1n) is 5.05. The molecule has 0 unspecified atom stereocenters. The minimum absolute atomic E-state index is 0.0359. The van der Waals surface area contributed by atoms with Gasteiger partial charge in [-0.1, -0.05) is 20.8 Å². The Labute approximate surface area is 89.0 Å². The molecule has 2 rings (SSSR count). The van der Waals surface area contributed by atoms with E-state index in [-0.39, 0.29) is 17.4 Å². The Morgan fingerprint density at radius 2 is 2.14 bits per heavy atom. The summed E-state index contributed by atoms with van der Waals surface area (Å²) in [6, 6.07) is 0. The maximum absolute atomic E-state index is 9.29. The molecule has 1 aromatic heterocycles. The number of rotatable bonds is 2. The summed E-state index contributed by atoms with van der Waals surface area (Å²) in [5.74, 6) is 0. The Bertz CT molecular complexity index is 333. The van der Waals surface area contributed by atoms with Crippen LogP contribution in [-0.2, 0) is 10.8 Å². The van der Waals surface area contributed by atoms with Gasteiger partial charge in [0.05, 0.1) is 12.3 Å². The smallest absolute Gasteiger partial charge is 0.101 e. The summed E-state index contributed by atoms with van der Waals surface area (Å²) in [6.45, 7) is 6.77. The van der Waals surface area contributed by atoms with Crippen molar-refractivity contribution in [1.82, 2.24) is 4.98 Å². The molecule has 14 heavy (non-hydrogen) atoms. The van der Waals surface area contributed by atoms with Crippen LogP contribution in [-0.4, -0.2) is 16.7 Å². The van der Waals surface area contributed by atoms with Crippen LogP contribution in [0.25, 0.3) is 0 Å². The number of hydrogen-bond donors (Lipinski definition) is 1. The molecule has 0 aliphatic heterocycles. The summed E-state index contributed by atoms with van der Waals surface area (Å²) in [7, 11) is 0. The van der Waals surface area contributed by atoms with Gasteiger partial charge in [0.15, 0.2) is 0 Å². The topological polar surface area (TPSA) is 33.1 Å². The van der Waals surface area contributed by atoms with Crippen LogP contribution in [0.3, 0.4) is 0 Å². The van der Waals surface area contributed by atoms with E-state index in [2.05, 4.69) is 31.1 Å². The van der Waals surface area contributed by atoms with Gasteiger partial charge in [-0.25, -0.2) is 4.98 Å². The lowest BCUT2D eigenvalue weighted by Gasteiger charge is -2.15. The summed E-state index contributed by atoms with van der Waals surface area (Å²) in [5.41, 5.74) is 1.31. The molecule has 1 fully saturated rings. The lowest BCUT2D eigenvalue weighted by molar-refractivity contribution is 0.254. The molecule has 1 aliphatic carbocycles. The first-order chi connectivity index (χ1) is 6.48. The van der Waals surface area contributed by atoms with E-state index in [0.29, 0.717) is 0 Å². The van der Waals surface area contributed by atoms with Crippen molar-refractivity contribution in [2.75, 3.05) is 6.61 Å². The highest BCUT2D eigenvalue weighted by atomic mass is 32.1. The van der Waals surface area contributed by atoms with Gasteiger partial charge in [0.25, 0.3) is 0 Å². The molecule has 0 saturated heterocycles. The number of aliphatic hydroxyl groups is 1. The Kier molecular flexibility index (Phi) is 2.20. The van der Waals surface area contributed by atoms with Crippen molar-refractivity contribution in [2.45, 2.75) is 44.4 Å². The van der Waals surface area contributed by atoms with Crippen molar-refractivity contribution in [3.63, 3.8) is 0 Å². The number of hydrogen-bond acceptors (Lipinski definition) is 3. The van der Waals surface area contributed by atoms with E-state index in [1.165, 1.54) is 0 Å². The first kappa shape index (κ1) is 10.1. The Balaban J connectivity index is 2.27. The van der Waals surface area contributed by atoms with E-state index in [0.717, 1.165) is 23.5 Å². The van der Waals surface area contributed by atoms with E-state index >= 15 is 0 Å². The molecule has 1 heterocycles. The van der Waals surface area contributed by atoms with Crippen LogP contribution in [0.15, 0.2) is 5.38 Å². The van der Waals surface area contributed by atoms with Crippen LogP contribution < -0.4 is 0 Å². The van der Waals surface area contributed by atoms with Crippen LogP contribution in [0.1, 0.15) is 44.3 Å². The van der Waals surface area contributed by atoms with Gasteiger partial charge in [-0.15, -0.1) is 11.3 Å². The average molecular weight is 211 g/mol. The molecule has 1 N–H and O–H groups in total. The standard InChI is InChI=1S/C11H17NOS/c1-10(2,3)8-6-14-9(12-8)11(7-13)4-5-11/h6,13H,4-5,7H2,1-3H3. The molecule has 1 aliphatic rings. The second-order valence-corrected chi connectivity index (χ2v) is 6.08. The quantitative estimate of drug-likeness (QED) is 0.815. The normalized spacial score (nSPS) is 19.7. The van der Waals surface area contributed by atoms with Crippen molar-refractivity contribution < 1.29 is 5.11 Å². The van der Waals surface area contributed by atoms with Crippen molar-refractivity contribution >= 4 is 11.3 Å². The van der Waals surface area contributed by atoms with Gasteiger partial charge in [-0.05, 0) is 12.8 Å². The third-order valence-corrected chi connectivity index (χ3v) is 3.97. The minimum Gasteiger partial charge on any atom is -0.395 e. The minimum atomic E-state index is 0.0359. The van der Waals surface area contributed by atoms with Crippen molar-refractivity contribution in [2.24, 2.45) is 0 Å². The fraction of sp³-hybridized carbons (Fsp3) is 0.727. The fourth-order valence-electron chi connectivity index (χ4n) is 1.45. The van der Waals surface area contributed by atoms with Crippen LogP contribution >= 0.6 is 11.3 Å². The summed E-state index contributed by atoms with van der Waals surface area (Å²) in [5, 5.41) is 12.5. The zero-order valence-corrected chi connectivity index (χ0v) is 9.82. The number of aliphatic hydroxyl groups excluding tert-OH is 1. The third kappa shape index (κ3) is 1.59.